The van der Waals surface area contributed by atoms with Gasteiger partial charge in [0, 0.05) is 5.59 Å². The Bertz CT molecular complexity index is 683. The summed E-state index contributed by atoms with van der Waals surface area (Å²) in [6, 6.07) is 3.69. The van der Waals surface area contributed by atoms with Crippen LogP contribution in [-0.2, 0) is 9.31 Å². The largest absolute Gasteiger partial charge is 0.512 e. The second kappa shape index (κ2) is 4.63. The van der Waals surface area contributed by atoms with E-state index in [0.29, 0.717) is 10.9 Å². The van der Waals surface area contributed by atoms with Crippen molar-refractivity contribution in [2.75, 3.05) is 7.11 Å². The smallest absolute Gasteiger partial charge is 0.480 e. The van der Waals surface area contributed by atoms with E-state index in [0.717, 1.165) is 16.6 Å². The predicted octanol–water partition coefficient (Wildman–Crippen LogP) is 2.52. The summed E-state index contributed by atoms with van der Waals surface area (Å²) < 4.78 is 17.2. The van der Waals surface area contributed by atoms with Crippen LogP contribution in [0.3, 0.4) is 0 Å². The molecule has 1 saturated heterocycles. The summed E-state index contributed by atoms with van der Waals surface area (Å²) in [5, 5.41) is 0.465. The van der Waals surface area contributed by atoms with E-state index in [1.165, 1.54) is 0 Å². The highest BCUT2D eigenvalue weighted by atomic mass is 35.5. The van der Waals surface area contributed by atoms with Gasteiger partial charge in [-0.25, -0.2) is 4.98 Å². The molecule has 0 atom stereocenters. The summed E-state index contributed by atoms with van der Waals surface area (Å²) in [6.45, 7) is 8.09. The van der Waals surface area contributed by atoms with E-state index in [1.54, 1.807) is 13.2 Å². The summed E-state index contributed by atoms with van der Waals surface area (Å²) in [5.41, 5.74) is 1.65. The van der Waals surface area contributed by atoms with Crippen molar-refractivity contribution in [1.82, 2.24) is 9.97 Å². The Balaban J connectivity index is 1.99. The fourth-order valence-electron chi connectivity index (χ4n) is 2.27. The van der Waals surface area contributed by atoms with E-state index in [4.69, 9.17) is 25.6 Å². The first kappa shape index (κ1) is 14.7. The molecule has 3 rings (SSSR count). The molecule has 0 radical (unpaired) electrons. The Kier molecular flexibility index (Phi) is 3.24. The van der Waals surface area contributed by atoms with E-state index < -0.39 is 7.12 Å². The Hall–Kier alpha value is -1.24. The standard InChI is InChI=1S/C14H18BClN2O3/c1-13(2)14(3,4)21-15(20-13)11-7-10-9(17-11)6-8(16)12(18-10)19-5/h6-7,17H,1-5H3. The third kappa shape index (κ3) is 2.31. The highest BCUT2D eigenvalue weighted by Crippen LogP contribution is 2.36. The summed E-state index contributed by atoms with van der Waals surface area (Å²) in [5.74, 6) is 0.406. The topological polar surface area (TPSA) is 56.4 Å². The van der Waals surface area contributed by atoms with Crippen LogP contribution in [0.25, 0.3) is 11.0 Å². The number of pyridine rings is 1. The minimum absolute atomic E-state index is 0.377. The average Bonchev–Trinajstić information content (AvgIpc) is 2.87. The van der Waals surface area contributed by atoms with E-state index in [-0.39, 0.29) is 11.2 Å². The Labute approximate surface area is 129 Å². The maximum atomic E-state index is 6.09. The van der Waals surface area contributed by atoms with Gasteiger partial charge in [0.05, 0.1) is 29.3 Å². The van der Waals surface area contributed by atoms with Crippen LogP contribution in [0.5, 0.6) is 5.88 Å². The number of nitrogens with zero attached hydrogens (tertiary/aromatic N) is 1. The number of aromatic nitrogens is 2. The van der Waals surface area contributed by atoms with Crippen molar-refractivity contribution in [2.45, 2.75) is 38.9 Å². The maximum absolute atomic E-state index is 6.09. The van der Waals surface area contributed by atoms with Gasteiger partial charge in [-0.15, -0.1) is 0 Å². The average molecular weight is 309 g/mol. The first-order valence-electron chi connectivity index (χ1n) is 6.82. The van der Waals surface area contributed by atoms with Gasteiger partial charge in [-0.3, -0.25) is 0 Å². The monoisotopic (exact) mass is 308 g/mol. The number of ether oxygens (including phenoxy) is 1. The Morgan fingerprint density at radius 2 is 1.81 bits per heavy atom. The molecular weight excluding hydrogens is 290 g/mol. The number of nitrogens with one attached hydrogen (secondary N) is 1. The van der Waals surface area contributed by atoms with E-state index in [9.17, 15) is 0 Å². The lowest BCUT2D eigenvalue weighted by molar-refractivity contribution is 0.00578. The summed E-state index contributed by atoms with van der Waals surface area (Å²) in [4.78, 5) is 7.61. The minimum Gasteiger partial charge on any atom is -0.480 e. The van der Waals surface area contributed by atoms with Crippen molar-refractivity contribution in [3.05, 3.63) is 17.2 Å². The molecule has 0 aromatic carbocycles. The van der Waals surface area contributed by atoms with Gasteiger partial charge in [-0.05, 0) is 39.8 Å². The first-order chi connectivity index (χ1) is 9.73. The van der Waals surface area contributed by atoms with E-state index in [2.05, 4.69) is 9.97 Å². The quantitative estimate of drug-likeness (QED) is 0.866. The summed E-state index contributed by atoms with van der Waals surface area (Å²) in [7, 11) is 1.09. The van der Waals surface area contributed by atoms with Gasteiger partial charge >= 0.3 is 7.12 Å². The molecule has 1 fully saturated rings. The minimum atomic E-state index is -0.450. The molecule has 0 amide bonds. The van der Waals surface area contributed by atoms with Crippen LogP contribution in [0.1, 0.15) is 27.7 Å². The fraction of sp³-hybridized carbons (Fsp3) is 0.500. The van der Waals surface area contributed by atoms with Gasteiger partial charge in [0.15, 0.2) is 0 Å². The molecule has 2 aromatic heterocycles. The van der Waals surface area contributed by atoms with Gasteiger partial charge in [0.25, 0.3) is 0 Å². The molecular formula is C14H18BClN2O3. The second-order valence-corrected chi connectivity index (χ2v) is 6.63. The van der Waals surface area contributed by atoms with Crippen LogP contribution in [0.2, 0.25) is 5.02 Å². The van der Waals surface area contributed by atoms with Gasteiger partial charge in [0.1, 0.15) is 5.02 Å². The molecule has 21 heavy (non-hydrogen) atoms. The lowest BCUT2D eigenvalue weighted by Gasteiger charge is -2.32. The van der Waals surface area contributed by atoms with Crippen molar-refractivity contribution in [2.24, 2.45) is 0 Å². The summed E-state index contributed by atoms with van der Waals surface area (Å²) in [6.07, 6.45) is 0. The maximum Gasteiger partial charge on any atom is 0.512 e. The van der Waals surface area contributed by atoms with Crippen LogP contribution >= 0.6 is 11.6 Å². The number of hydrogen-bond acceptors (Lipinski definition) is 4. The number of fused-ring (bicyclic) bond motifs is 1. The SMILES string of the molecule is COc1nc2cc(B3OC(C)(C)C(C)(C)O3)[nH]c2cc1Cl. The number of halogens is 1. The molecule has 1 aliphatic rings. The normalized spacial score (nSPS) is 20.2. The van der Waals surface area contributed by atoms with Crippen molar-refractivity contribution < 1.29 is 14.0 Å². The van der Waals surface area contributed by atoms with E-state index >= 15 is 0 Å². The van der Waals surface area contributed by atoms with Gasteiger partial charge in [-0.2, -0.15) is 0 Å². The molecule has 0 spiro atoms. The first-order valence-corrected chi connectivity index (χ1v) is 7.20. The zero-order valence-electron chi connectivity index (χ0n) is 12.8. The number of hydrogen-bond donors (Lipinski definition) is 1. The molecule has 0 saturated carbocycles. The molecule has 7 heteroatoms. The zero-order valence-corrected chi connectivity index (χ0v) is 13.5. The number of methoxy groups -OCH3 is 1. The van der Waals surface area contributed by atoms with E-state index in [1.807, 2.05) is 33.8 Å². The van der Waals surface area contributed by atoms with Crippen LogP contribution < -0.4 is 10.3 Å². The van der Waals surface area contributed by atoms with Crippen LogP contribution in [-0.4, -0.2) is 35.4 Å². The van der Waals surface area contributed by atoms with Crippen LogP contribution in [0.4, 0.5) is 0 Å². The molecule has 0 aliphatic carbocycles. The second-order valence-electron chi connectivity index (χ2n) is 6.23. The molecule has 1 N–H and O–H groups in total. The molecule has 3 heterocycles. The van der Waals surface area contributed by atoms with Crippen LogP contribution in [0, 0.1) is 0 Å². The van der Waals surface area contributed by atoms with Crippen molar-refractivity contribution in [1.29, 1.82) is 0 Å². The third-order valence-corrected chi connectivity index (χ3v) is 4.52. The van der Waals surface area contributed by atoms with Gasteiger partial charge < -0.3 is 19.0 Å². The summed E-state index contributed by atoms with van der Waals surface area (Å²) >= 11 is 6.09. The molecule has 2 aromatic rings. The Morgan fingerprint density at radius 1 is 1.19 bits per heavy atom. The number of aromatic amines is 1. The van der Waals surface area contributed by atoms with Gasteiger partial charge in [-0.1, -0.05) is 11.6 Å². The van der Waals surface area contributed by atoms with Gasteiger partial charge in [0.2, 0.25) is 5.88 Å². The molecule has 112 valence electrons. The molecule has 0 bridgehead atoms. The molecule has 5 nitrogen and oxygen atoms in total. The van der Waals surface area contributed by atoms with Crippen molar-refractivity contribution in [3.63, 3.8) is 0 Å². The van der Waals surface area contributed by atoms with Crippen LogP contribution in [0.15, 0.2) is 12.1 Å². The lowest BCUT2D eigenvalue weighted by atomic mass is 9.85. The third-order valence-electron chi connectivity index (χ3n) is 4.25. The highest BCUT2D eigenvalue weighted by molar-refractivity contribution is 6.61. The highest BCUT2D eigenvalue weighted by Gasteiger charge is 2.52. The fourth-order valence-corrected chi connectivity index (χ4v) is 2.50. The zero-order chi connectivity index (χ0) is 15.4. The number of rotatable bonds is 2. The number of H-pyrrole nitrogens is 1. The molecule has 0 unspecified atom stereocenters. The predicted molar refractivity (Wildman–Crippen MR) is 83.4 cm³/mol. The lowest BCUT2D eigenvalue weighted by Crippen LogP contribution is -2.41. The Morgan fingerprint density at radius 3 is 2.38 bits per heavy atom. The van der Waals surface area contributed by atoms with Crippen molar-refractivity contribution >= 4 is 35.3 Å². The molecule has 1 aliphatic heterocycles. The van der Waals surface area contributed by atoms with Crippen molar-refractivity contribution in [3.8, 4) is 5.88 Å².